The van der Waals surface area contributed by atoms with E-state index in [1.807, 2.05) is 0 Å². The van der Waals surface area contributed by atoms with Crippen LogP contribution in [0.3, 0.4) is 0 Å². The van der Waals surface area contributed by atoms with Gasteiger partial charge in [-0.1, -0.05) is 121 Å². The SMILES string of the molecule is CC1(c2cccc3c4ccccc4n(-c4ccccc4)c23)c2ccccc2-c2cc(N(c3ccccc3)c3ccccc3)ccc21. The predicted molar refractivity (Wildman–Crippen MR) is 193 cm³/mol. The lowest BCUT2D eigenvalue weighted by molar-refractivity contribution is 0.718. The Kier molecular flexibility index (Phi) is 5.97. The van der Waals surface area contributed by atoms with Crippen LogP contribution in [0.5, 0.6) is 0 Å². The molecule has 0 radical (unpaired) electrons. The molecule has 1 aliphatic carbocycles. The minimum Gasteiger partial charge on any atom is -0.310 e. The molecule has 0 spiro atoms. The molecule has 1 aromatic heterocycles. The second-order valence-electron chi connectivity index (χ2n) is 12.3. The van der Waals surface area contributed by atoms with E-state index in [0.717, 1.165) is 17.1 Å². The summed E-state index contributed by atoms with van der Waals surface area (Å²) in [7, 11) is 0. The Morgan fingerprint density at radius 2 is 1.00 bits per heavy atom. The smallest absolute Gasteiger partial charge is 0.0585 e. The van der Waals surface area contributed by atoms with Gasteiger partial charge in [0.25, 0.3) is 0 Å². The lowest BCUT2D eigenvalue weighted by Gasteiger charge is -2.30. The van der Waals surface area contributed by atoms with Gasteiger partial charge in [-0.05, 0) is 89.3 Å². The van der Waals surface area contributed by atoms with Crippen molar-refractivity contribution in [2.24, 2.45) is 0 Å². The van der Waals surface area contributed by atoms with Crippen molar-refractivity contribution in [1.82, 2.24) is 4.57 Å². The lowest BCUT2D eigenvalue weighted by atomic mass is 9.73. The van der Waals surface area contributed by atoms with Gasteiger partial charge in [-0.2, -0.15) is 0 Å². The average Bonchev–Trinajstić information content (AvgIpc) is 3.60. The number of hydrogen-bond acceptors (Lipinski definition) is 1. The van der Waals surface area contributed by atoms with Crippen molar-refractivity contribution in [3.8, 4) is 16.8 Å². The van der Waals surface area contributed by atoms with Crippen molar-refractivity contribution in [2.45, 2.75) is 12.3 Å². The summed E-state index contributed by atoms with van der Waals surface area (Å²) < 4.78 is 2.47. The van der Waals surface area contributed by atoms with Crippen LogP contribution in [0.15, 0.2) is 176 Å². The molecule has 1 heterocycles. The van der Waals surface area contributed by atoms with Gasteiger partial charge in [0.1, 0.15) is 0 Å². The minimum atomic E-state index is -0.366. The van der Waals surface area contributed by atoms with Gasteiger partial charge in [-0.15, -0.1) is 0 Å². The number of para-hydroxylation sites is 5. The molecule has 0 aliphatic heterocycles. The van der Waals surface area contributed by atoms with Crippen LogP contribution in [-0.2, 0) is 5.41 Å². The number of aromatic nitrogens is 1. The van der Waals surface area contributed by atoms with Gasteiger partial charge in [0.15, 0.2) is 0 Å². The molecule has 0 fully saturated rings. The maximum absolute atomic E-state index is 2.47. The van der Waals surface area contributed by atoms with Crippen LogP contribution in [-0.4, -0.2) is 4.57 Å². The van der Waals surface area contributed by atoms with Crippen LogP contribution in [0.25, 0.3) is 38.6 Å². The summed E-state index contributed by atoms with van der Waals surface area (Å²) in [6.45, 7) is 2.42. The highest BCUT2D eigenvalue weighted by Gasteiger charge is 2.42. The zero-order valence-electron chi connectivity index (χ0n) is 25.6. The first-order valence-corrected chi connectivity index (χ1v) is 16.0. The fraction of sp³-hybridized carbons (Fsp3) is 0.0455. The third-order valence-electron chi connectivity index (χ3n) is 9.83. The maximum atomic E-state index is 2.47. The maximum Gasteiger partial charge on any atom is 0.0585 e. The number of rotatable bonds is 5. The van der Waals surface area contributed by atoms with Crippen molar-refractivity contribution < 1.29 is 0 Å². The Morgan fingerprint density at radius 1 is 0.435 bits per heavy atom. The van der Waals surface area contributed by atoms with Gasteiger partial charge in [-0.3, -0.25) is 0 Å². The third kappa shape index (κ3) is 3.83. The molecule has 2 nitrogen and oxygen atoms in total. The highest BCUT2D eigenvalue weighted by Crippen LogP contribution is 2.55. The van der Waals surface area contributed by atoms with E-state index in [2.05, 4.69) is 192 Å². The Hall–Kier alpha value is -5.86. The normalized spacial score (nSPS) is 15.2. The summed E-state index contributed by atoms with van der Waals surface area (Å²) in [5.74, 6) is 0. The summed E-state index contributed by atoms with van der Waals surface area (Å²) in [5.41, 5.74) is 13.3. The standard InChI is InChI=1S/C44H32N2/c1-44(41-26-15-24-37-36-23-12-14-27-42(36)46(43(37)41)33-20-9-4-10-21-33)39-25-13-11-22-35(39)38-30-34(28-29-40(38)44)45(31-16-5-2-6-17-31)32-18-7-3-8-19-32/h2-30H,1H3. The largest absolute Gasteiger partial charge is 0.310 e. The number of nitrogens with zero attached hydrogens (tertiary/aromatic N) is 2. The molecule has 218 valence electrons. The lowest BCUT2D eigenvalue weighted by Crippen LogP contribution is -2.23. The average molecular weight is 589 g/mol. The first kappa shape index (κ1) is 26.5. The van der Waals surface area contributed by atoms with Crippen LogP contribution < -0.4 is 4.90 Å². The monoisotopic (exact) mass is 588 g/mol. The quantitative estimate of drug-likeness (QED) is 0.194. The topological polar surface area (TPSA) is 8.17 Å². The number of hydrogen-bond donors (Lipinski definition) is 0. The minimum absolute atomic E-state index is 0.366. The van der Waals surface area contributed by atoms with Gasteiger partial charge in [0, 0.05) is 38.9 Å². The van der Waals surface area contributed by atoms with Gasteiger partial charge in [0.2, 0.25) is 0 Å². The van der Waals surface area contributed by atoms with Crippen LogP contribution in [0.2, 0.25) is 0 Å². The third-order valence-corrected chi connectivity index (χ3v) is 9.83. The summed E-state index contributed by atoms with van der Waals surface area (Å²) >= 11 is 0. The van der Waals surface area contributed by atoms with E-state index in [4.69, 9.17) is 0 Å². The van der Waals surface area contributed by atoms with Gasteiger partial charge in [0.05, 0.1) is 11.0 Å². The Labute approximate surface area is 269 Å². The molecule has 46 heavy (non-hydrogen) atoms. The van der Waals surface area contributed by atoms with Crippen LogP contribution >= 0.6 is 0 Å². The predicted octanol–water partition coefficient (Wildman–Crippen LogP) is 11.6. The second-order valence-corrected chi connectivity index (χ2v) is 12.3. The molecular formula is C44H32N2. The van der Waals surface area contributed by atoms with E-state index < -0.39 is 0 Å². The van der Waals surface area contributed by atoms with E-state index in [1.54, 1.807) is 0 Å². The highest BCUT2D eigenvalue weighted by molar-refractivity contribution is 6.11. The van der Waals surface area contributed by atoms with E-state index in [9.17, 15) is 0 Å². The summed E-state index contributed by atoms with van der Waals surface area (Å²) in [6.07, 6.45) is 0. The first-order chi connectivity index (χ1) is 22.7. The zero-order chi connectivity index (χ0) is 30.7. The van der Waals surface area contributed by atoms with E-state index in [1.165, 1.54) is 55.3 Å². The summed E-state index contributed by atoms with van der Waals surface area (Å²) in [6, 6.07) is 63.8. The van der Waals surface area contributed by atoms with Crippen LogP contribution in [0, 0.1) is 0 Å². The molecule has 0 saturated heterocycles. The van der Waals surface area contributed by atoms with E-state index in [-0.39, 0.29) is 5.41 Å². The second kappa shape index (κ2) is 10.4. The molecule has 0 amide bonds. The van der Waals surface area contributed by atoms with Crippen molar-refractivity contribution in [1.29, 1.82) is 0 Å². The Balaban J connectivity index is 1.32. The van der Waals surface area contributed by atoms with Gasteiger partial charge in [-0.25, -0.2) is 0 Å². The number of benzene rings is 7. The molecule has 1 atom stereocenters. The fourth-order valence-electron chi connectivity index (χ4n) is 7.79. The highest BCUT2D eigenvalue weighted by atomic mass is 15.1. The molecule has 8 aromatic rings. The molecule has 7 aromatic carbocycles. The van der Waals surface area contributed by atoms with Crippen molar-refractivity contribution in [3.63, 3.8) is 0 Å². The summed E-state index contributed by atoms with van der Waals surface area (Å²) in [5, 5.41) is 2.55. The fourth-order valence-corrected chi connectivity index (χ4v) is 7.79. The van der Waals surface area contributed by atoms with Crippen molar-refractivity contribution in [3.05, 3.63) is 193 Å². The molecule has 0 N–H and O–H groups in total. The molecule has 1 unspecified atom stereocenters. The van der Waals surface area contributed by atoms with E-state index in [0.29, 0.717) is 0 Å². The molecule has 2 heteroatoms. The molecule has 9 rings (SSSR count). The number of fused-ring (bicyclic) bond motifs is 6. The number of anilines is 3. The van der Waals surface area contributed by atoms with E-state index >= 15 is 0 Å². The summed E-state index contributed by atoms with van der Waals surface area (Å²) in [4.78, 5) is 2.35. The van der Waals surface area contributed by atoms with Gasteiger partial charge < -0.3 is 9.47 Å². The first-order valence-electron chi connectivity index (χ1n) is 16.0. The van der Waals surface area contributed by atoms with Crippen molar-refractivity contribution in [2.75, 3.05) is 4.90 Å². The molecular weight excluding hydrogens is 556 g/mol. The zero-order valence-corrected chi connectivity index (χ0v) is 25.6. The van der Waals surface area contributed by atoms with Crippen molar-refractivity contribution >= 4 is 38.9 Å². The van der Waals surface area contributed by atoms with Gasteiger partial charge >= 0.3 is 0 Å². The van der Waals surface area contributed by atoms with Crippen LogP contribution in [0.4, 0.5) is 17.1 Å². The molecule has 0 bridgehead atoms. The van der Waals surface area contributed by atoms with Crippen LogP contribution in [0.1, 0.15) is 23.6 Å². The molecule has 0 saturated carbocycles. The molecule has 1 aliphatic rings. The Bertz CT molecular complexity index is 2330. The Morgan fingerprint density at radius 3 is 1.74 bits per heavy atom.